The zero-order chi connectivity index (χ0) is 23.5. The van der Waals surface area contributed by atoms with Gasteiger partial charge in [-0.05, 0) is 68.3 Å². The number of pyridine rings is 1. The quantitative estimate of drug-likeness (QED) is 0.577. The number of anilines is 1. The highest BCUT2D eigenvalue weighted by atomic mass is 35.5. The molecule has 0 atom stereocenters. The van der Waals surface area contributed by atoms with Crippen LogP contribution >= 0.6 is 23.2 Å². The molecule has 0 bridgehead atoms. The van der Waals surface area contributed by atoms with Gasteiger partial charge < -0.3 is 4.90 Å². The molecular weight excluding hydrogens is 479 g/mol. The summed E-state index contributed by atoms with van der Waals surface area (Å²) in [6.07, 6.45) is 7.92. The Labute approximate surface area is 207 Å². The van der Waals surface area contributed by atoms with E-state index in [9.17, 15) is 8.42 Å². The van der Waals surface area contributed by atoms with Gasteiger partial charge in [-0.25, -0.2) is 13.1 Å². The number of halogens is 2. The van der Waals surface area contributed by atoms with Crippen molar-refractivity contribution < 1.29 is 8.42 Å². The first-order valence-electron chi connectivity index (χ1n) is 11.6. The molecule has 0 radical (unpaired) electrons. The Balaban J connectivity index is 1.22. The molecule has 0 unspecified atom stereocenters. The van der Waals surface area contributed by atoms with Crippen molar-refractivity contribution in [2.24, 2.45) is 5.41 Å². The van der Waals surface area contributed by atoms with Crippen molar-refractivity contribution in [1.82, 2.24) is 14.6 Å². The predicted molar refractivity (Wildman–Crippen MR) is 135 cm³/mol. The van der Waals surface area contributed by atoms with Crippen molar-refractivity contribution in [3.63, 3.8) is 0 Å². The summed E-state index contributed by atoms with van der Waals surface area (Å²) in [7, 11) is -3.50. The second kappa shape index (κ2) is 10.5. The van der Waals surface area contributed by atoms with Gasteiger partial charge in [0.1, 0.15) is 4.90 Å². The van der Waals surface area contributed by atoms with Crippen molar-refractivity contribution in [3.8, 4) is 0 Å². The lowest BCUT2D eigenvalue weighted by Crippen LogP contribution is -2.47. The molecule has 2 heterocycles. The fourth-order valence-corrected chi connectivity index (χ4v) is 6.54. The number of aromatic nitrogens is 1. The van der Waals surface area contributed by atoms with Crippen molar-refractivity contribution in [2.45, 2.75) is 50.0 Å². The average Bonchev–Trinajstić information content (AvgIpc) is 2.82. The highest BCUT2D eigenvalue weighted by molar-refractivity contribution is 7.89. The monoisotopic (exact) mass is 510 g/mol. The van der Waals surface area contributed by atoms with Gasteiger partial charge in [0.25, 0.3) is 0 Å². The number of hydrogen-bond acceptors (Lipinski definition) is 5. The van der Waals surface area contributed by atoms with Crippen molar-refractivity contribution in [3.05, 3.63) is 52.8 Å². The fourth-order valence-electron chi connectivity index (χ4n) is 4.85. The van der Waals surface area contributed by atoms with Gasteiger partial charge in [-0.2, -0.15) is 0 Å². The topological polar surface area (TPSA) is 65.5 Å². The first-order chi connectivity index (χ1) is 15.8. The largest absolute Gasteiger partial charge is 0.368 e. The average molecular weight is 512 g/mol. The van der Waals surface area contributed by atoms with E-state index >= 15 is 0 Å². The van der Waals surface area contributed by atoms with Gasteiger partial charge in [-0.1, -0.05) is 36.2 Å². The van der Waals surface area contributed by atoms with Crippen LogP contribution in [0.4, 0.5) is 5.69 Å². The lowest BCUT2D eigenvalue weighted by atomic mass is 9.72. The third-order valence-corrected chi connectivity index (χ3v) is 9.45. The van der Waals surface area contributed by atoms with Crippen LogP contribution in [0.5, 0.6) is 0 Å². The van der Waals surface area contributed by atoms with Gasteiger partial charge in [0.05, 0.1) is 15.7 Å². The molecule has 1 aliphatic heterocycles. The number of hydrogen-bond donors (Lipinski definition) is 1. The van der Waals surface area contributed by atoms with Gasteiger partial charge in [0.2, 0.25) is 10.0 Å². The maximum atomic E-state index is 12.6. The van der Waals surface area contributed by atoms with E-state index < -0.39 is 10.0 Å². The van der Waals surface area contributed by atoms with Gasteiger partial charge in [-0.3, -0.25) is 9.88 Å². The molecule has 6 nitrogen and oxygen atoms in total. The molecule has 2 aromatic rings. The van der Waals surface area contributed by atoms with Crippen molar-refractivity contribution in [2.75, 3.05) is 37.6 Å². The number of nitrogens with one attached hydrogen (secondary N) is 1. The molecule has 1 aliphatic carbocycles. The van der Waals surface area contributed by atoms with E-state index in [1.54, 1.807) is 18.3 Å². The fraction of sp³-hybridized carbons (Fsp3) is 0.542. The zero-order valence-electron chi connectivity index (χ0n) is 19.0. The third-order valence-electron chi connectivity index (χ3n) is 7.13. The number of rotatable bonds is 7. The number of piperazine rings is 1. The van der Waals surface area contributed by atoms with Crippen molar-refractivity contribution in [1.29, 1.82) is 0 Å². The molecule has 1 aromatic carbocycles. The van der Waals surface area contributed by atoms with E-state index in [1.807, 2.05) is 18.2 Å². The Morgan fingerprint density at radius 3 is 2.48 bits per heavy atom. The second-order valence-electron chi connectivity index (χ2n) is 9.55. The summed E-state index contributed by atoms with van der Waals surface area (Å²) < 4.78 is 28.1. The van der Waals surface area contributed by atoms with Crippen LogP contribution in [0.15, 0.2) is 47.6 Å². The molecule has 0 spiro atoms. The molecule has 1 saturated carbocycles. The highest BCUT2D eigenvalue weighted by Gasteiger charge is 2.33. The molecule has 1 aromatic heterocycles. The molecule has 180 valence electrons. The van der Waals surface area contributed by atoms with E-state index in [-0.39, 0.29) is 16.4 Å². The van der Waals surface area contributed by atoms with Crippen LogP contribution in [0.2, 0.25) is 10.0 Å². The Morgan fingerprint density at radius 2 is 1.82 bits per heavy atom. The molecule has 9 heteroatoms. The summed E-state index contributed by atoms with van der Waals surface area (Å²) in [5.74, 6) is 0. The van der Waals surface area contributed by atoms with Crippen LogP contribution in [0.1, 0.15) is 39.0 Å². The number of sulfonamides is 1. The van der Waals surface area contributed by atoms with Crippen LogP contribution in [0.25, 0.3) is 0 Å². The number of nitrogens with zero attached hydrogens (tertiary/aromatic N) is 3. The van der Waals surface area contributed by atoms with Crippen molar-refractivity contribution >= 4 is 38.9 Å². The third kappa shape index (κ3) is 6.20. The molecule has 2 aliphatic rings. The molecular formula is C24H32Cl2N4O2S. The summed E-state index contributed by atoms with van der Waals surface area (Å²) in [5.41, 5.74) is 1.27. The van der Waals surface area contributed by atoms with E-state index in [1.165, 1.54) is 6.20 Å². The van der Waals surface area contributed by atoms with Gasteiger partial charge in [0, 0.05) is 44.6 Å². The lowest BCUT2D eigenvalue weighted by molar-refractivity contribution is 0.143. The minimum Gasteiger partial charge on any atom is -0.368 e. The SMILES string of the molecule is CC1(CCN2CCN(c3cccc(Cl)c3Cl)CC2)CCC(NS(=O)(=O)c2cccnc2)CC1. The molecule has 2 fully saturated rings. The van der Waals surface area contributed by atoms with Crippen LogP contribution in [0.3, 0.4) is 0 Å². The van der Waals surface area contributed by atoms with Gasteiger partial charge in [0.15, 0.2) is 0 Å². The minimum absolute atomic E-state index is 0.00530. The summed E-state index contributed by atoms with van der Waals surface area (Å²) in [5, 5.41) is 1.24. The Hall–Kier alpha value is -1.38. The molecule has 1 saturated heterocycles. The first kappa shape index (κ1) is 24.7. The van der Waals surface area contributed by atoms with E-state index in [0.717, 1.165) is 70.5 Å². The normalized spacial score (nSPS) is 24.7. The second-order valence-corrected chi connectivity index (χ2v) is 12.0. The molecule has 33 heavy (non-hydrogen) atoms. The van der Waals surface area contributed by atoms with Crippen LogP contribution < -0.4 is 9.62 Å². The summed E-state index contributed by atoms with van der Waals surface area (Å²) >= 11 is 12.6. The highest BCUT2D eigenvalue weighted by Crippen LogP contribution is 2.39. The summed E-state index contributed by atoms with van der Waals surface area (Å²) in [6.45, 7) is 7.31. The first-order valence-corrected chi connectivity index (χ1v) is 13.8. The Kier molecular flexibility index (Phi) is 7.86. The maximum absolute atomic E-state index is 12.6. The Bertz CT molecular complexity index is 1040. The van der Waals surface area contributed by atoms with Gasteiger partial charge in [-0.15, -0.1) is 0 Å². The smallest absolute Gasteiger partial charge is 0.242 e. The minimum atomic E-state index is -3.50. The van der Waals surface area contributed by atoms with Crippen LogP contribution in [0, 0.1) is 5.41 Å². The van der Waals surface area contributed by atoms with E-state index in [4.69, 9.17) is 23.2 Å². The van der Waals surface area contributed by atoms with Crippen LogP contribution in [-0.2, 0) is 10.0 Å². The number of benzene rings is 1. The predicted octanol–water partition coefficient (Wildman–Crippen LogP) is 4.83. The van der Waals surface area contributed by atoms with Crippen LogP contribution in [-0.4, -0.2) is 57.1 Å². The zero-order valence-corrected chi connectivity index (χ0v) is 21.3. The lowest BCUT2D eigenvalue weighted by Gasteiger charge is -2.41. The molecule has 0 amide bonds. The van der Waals surface area contributed by atoms with E-state index in [0.29, 0.717) is 10.0 Å². The summed E-state index contributed by atoms with van der Waals surface area (Å²) in [6, 6.07) is 9.03. The van der Waals surface area contributed by atoms with Gasteiger partial charge >= 0.3 is 0 Å². The molecule has 1 N–H and O–H groups in total. The Morgan fingerprint density at radius 1 is 1.09 bits per heavy atom. The van der Waals surface area contributed by atoms with E-state index in [2.05, 4.69) is 26.4 Å². The molecule has 4 rings (SSSR count). The standard InChI is InChI=1S/C24H32Cl2N4O2S/c1-24(9-7-19(8-10-24)28-33(31,32)20-4-3-12-27-18-20)11-13-29-14-16-30(17-15-29)22-6-2-5-21(25)23(22)26/h2-6,12,18-19,28H,7-11,13-17H2,1H3. The summed E-state index contributed by atoms with van der Waals surface area (Å²) in [4.78, 5) is 9.00. The maximum Gasteiger partial charge on any atom is 0.242 e.